The first-order valence-electron chi connectivity index (χ1n) is 5.89. The first kappa shape index (κ1) is 17.5. The van der Waals surface area contributed by atoms with Gasteiger partial charge in [0.1, 0.15) is 5.83 Å². The van der Waals surface area contributed by atoms with Crippen LogP contribution in [0.3, 0.4) is 0 Å². The molecule has 124 valence electrons. The van der Waals surface area contributed by atoms with Gasteiger partial charge in [0.2, 0.25) is 5.41 Å². The summed E-state index contributed by atoms with van der Waals surface area (Å²) < 4.78 is 109. The Morgan fingerprint density at radius 2 is 1.42 bits per heavy atom. The topological polar surface area (TPSA) is 47.6 Å². The minimum atomic E-state index is -3.52. The molecule has 0 spiro atoms. The molecule has 1 atom stereocenters. The number of hydrogen-bond donors (Lipinski definition) is 0. The molecule has 0 saturated carbocycles. The Morgan fingerprint density at radius 3 is 1.92 bits per heavy atom. The van der Waals surface area contributed by atoms with Crippen LogP contribution in [0.1, 0.15) is 5.56 Å². The molecule has 2 nitrogen and oxygen atoms in total. The number of nitrogens with zero attached hydrogens (tertiary/aromatic N) is 2. The average Bonchev–Trinajstić information content (AvgIpc) is 2.57. The van der Waals surface area contributed by atoms with Crippen molar-refractivity contribution in [3.63, 3.8) is 0 Å². The fourth-order valence-corrected chi connectivity index (χ4v) is 2.05. The lowest BCUT2D eigenvalue weighted by Crippen LogP contribution is -2.34. The van der Waals surface area contributed by atoms with Crippen LogP contribution in [-0.4, -0.2) is 6.17 Å². The van der Waals surface area contributed by atoms with Gasteiger partial charge in [-0.05, 0) is 6.07 Å². The van der Waals surface area contributed by atoms with E-state index in [-0.39, 0.29) is 6.07 Å². The highest BCUT2D eigenvalue weighted by Gasteiger charge is 2.54. The van der Waals surface area contributed by atoms with E-state index in [2.05, 4.69) is 0 Å². The molecule has 0 amide bonds. The Kier molecular flexibility index (Phi) is 4.10. The van der Waals surface area contributed by atoms with Gasteiger partial charge in [0.15, 0.2) is 41.1 Å². The standard InChI is InChI=1S/C14H2F8N2/c15-5-1-4(7(16)11(20)8(5)17)6-9(18)12(21)14(2-23,3-24)13(22)10(6)19/h1,12H. The van der Waals surface area contributed by atoms with E-state index in [0.29, 0.717) is 0 Å². The minimum absolute atomic E-state index is 0.214. The van der Waals surface area contributed by atoms with E-state index in [1.54, 1.807) is 0 Å². The summed E-state index contributed by atoms with van der Waals surface area (Å²) in [4.78, 5) is 0. The van der Waals surface area contributed by atoms with Crippen molar-refractivity contribution in [2.45, 2.75) is 6.17 Å². The predicted molar refractivity (Wildman–Crippen MR) is 62.1 cm³/mol. The summed E-state index contributed by atoms with van der Waals surface area (Å²) in [5, 5.41) is 17.3. The lowest BCUT2D eigenvalue weighted by Gasteiger charge is -2.27. The normalized spacial score (nSPS) is 20.0. The molecule has 10 heteroatoms. The third kappa shape index (κ3) is 2.07. The van der Waals surface area contributed by atoms with Crippen LogP contribution in [0, 0.1) is 51.3 Å². The predicted octanol–water partition coefficient (Wildman–Crippen LogP) is 4.46. The highest BCUT2D eigenvalue weighted by Crippen LogP contribution is 2.50. The molecule has 1 aliphatic carbocycles. The zero-order chi connectivity index (χ0) is 18.4. The highest BCUT2D eigenvalue weighted by molar-refractivity contribution is 5.82. The molecule has 0 aliphatic heterocycles. The number of hydrogen-bond acceptors (Lipinski definition) is 2. The molecule has 1 aromatic rings. The summed E-state index contributed by atoms with van der Waals surface area (Å²) in [6, 6.07) is 1.31. The van der Waals surface area contributed by atoms with Crippen molar-refractivity contribution in [3.8, 4) is 12.1 Å². The van der Waals surface area contributed by atoms with Crippen molar-refractivity contribution in [1.82, 2.24) is 0 Å². The van der Waals surface area contributed by atoms with Gasteiger partial charge in [0, 0.05) is 5.56 Å². The van der Waals surface area contributed by atoms with Crippen molar-refractivity contribution in [1.29, 1.82) is 10.5 Å². The maximum atomic E-state index is 14.0. The van der Waals surface area contributed by atoms with Crippen LogP contribution >= 0.6 is 0 Å². The van der Waals surface area contributed by atoms with E-state index in [1.165, 1.54) is 0 Å². The summed E-state index contributed by atoms with van der Waals surface area (Å²) >= 11 is 0. The smallest absolute Gasteiger partial charge is 0.234 e. The van der Waals surface area contributed by atoms with Gasteiger partial charge in [0.25, 0.3) is 0 Å². The first-order chi connectivity index (χ1) is 11.1. The molecule has 0 aromatic heterocycles. The lowest BCUT2D eigenvalue weighted by molar-refractivity contribution is 0.210. The SMILES string of the molecule is N#CC1(C#N)C(F)=C(F)C(c2cc(F)c(F)c(F)c2F)=C(F)C1F. The highest BCUT2D eigenvalue weighted by atomic mass is 19.2. The molecular weight excluding hydrogens is 348 g/mol. The van der Waals surface area contributed by atoms with Gasteiger partial charge in [0.05, 0.1) is 17.7 Å². The van der Waals surface area contributed by atoms with Gasteiger partial charge in [-0.1, -0.05) is 0 Å². The van der Waals surface area contributed by atoms with Crippen LogP contribution in [0.2, 0.25) is 0 Å². The lowest BCUT2D eigenvalue weighted by atomic mass is 9.77. The molecule has 0 bridgehead atoms. The van der Waals surface area contributed by atoms with E-state index in [1.807, 2.05) is 0 Å². The van der Waals surface area contributed by atoms with Crippen molar-refractivity contribution in [2.75, 3.05) is 0 Å². The monoisotopic (exact) mass is 350 g/mol. The molecule has 0 heterocycles. The van der Waals surface area contributed by atoms with Crippen LogP contribution < -0.4 is 0 Å². The van der Waals surface area contributed by atoms with Gasteiger partial charge in [-0.15, -0.1) is 0 Å². The molecule has 0 radical (unpaired) electrons. The molecule has 1 aromatic carbocycles. The number of nitriles is 2. The first-order valence-corrected chi connectivity index (χ1v) is 5.89. The quantitative estimate of drug-likeness (QED) is 0.427. The van der Waals surface area contributed by atoms with Crippen LogP contribution in [0.4, 0.5) is 35.1 Å². The van der Waals surface area contributed by atoms with Gasteiger partial charge in [-0.2, -0.15) is 10.5 Å². The van der Waals surface area contributed by atoms with E-state index in [9.17, 15) is 35.1 Å². The number of halogens is 8. The summed E-state index contributed by atoms with van der Waals surface area (Å²) in [7, 11) is 0. The summed E-state index contributed by atoms with van der Waals surface area (Å²) in [6.07, 6.45) is -3.41. The molecule has 0 fully saturated rings. The molecule has 1 unspecified atom stereocenters. The van der Waals surface area contributed by atoms with E-state index >= 15 is 0 Å². The van der Waals surface area contributed by atoms with Gasteiger partial charge in [-0.3, -0.25) is 0 Å². The fourth-order valence-electron chi connectivity index (χ4n) is 2.05. The largest absolute Gasteiger partial charge is 0.236 e. The molecule has 0 N–H and O–H groups in total. The Labute approximate surface area is 128 Å². The summed E-state index contributed by atoms with van der Waals surface area (Å²) in [6.45, 7) is 0. The minimum Gasteiger partial charge on any atom is -0.236 e. The van der Waals surface area contributed by atoms with Crippen molar-refractivity contribution >= 4 is 5.57 Å². The Balaban J connectivity index is 2.86. The van der Waals surface area contributed by atoms with E-state index in [0.717, 1.165) is 12.1 Å². The third-order valence-corrected chi connectivity index (χ3v) is 3.32. The fraction of sp³-hybridized carbons (Fsp3) is 0.143. The zero-order valence-corrected chi connectivity index (χ0v) is 11.1. The molecule has 24 heavy (non-hydrogen) atoms. The van der Waals surface area contributed by atoms with E-state index < -0.39 is 63.5 Å². The van der Waals surface area contributed by atoms with Crippen LogP contribution in [-0.2, 0) is 0 Å². The van der Waals surface area contributed by atoms with Gasteiger partial charge in [-0.25, -0.2) is 35.1 Å². The number of benzene rings is 1. The van der Waals surface area contributed by atoms with Crippen molar-refractivity contribution in [2.24, 2.45) is 5.41 Å². The van der Waals surface area contributed by atoms with Crippen molar-refractivity contribution < 1.29 is 35.1 Å². The van der Waals surface area contributed by atoms with Crippen LogP contribution in [0.15, 0.2) is 23.5 Å². The second-order valence-corrected chi connectivity index (χ2v) is 4.59. The number of allylic oxidation sites excluding steroid dienone is 4. The Morgan fingerprint density at radius 1 is 0.875 bits per heavy atom. The molecule has 1 aliphatic rings. The van der Waals surface area contributed by atoms with Crippen LogP contribution in [0.5, 0.6) is 0 Å². The Hall–Kier alpha value is -2.88. The number of alkyl halides is 1. The van der Waals surface area contributed by atoms with Crippen LogP contribution in [0.25, 0.3) is 5.57 Å². The second-order valence-electron chi connectivity index (χ2n) is 4.59. The van der Waals surface area contributed by atoms with Gasteiger partial charge >= 0.3 is 0 Å². The Bertz CT molecular complexity index is 874. The van der Waals surface area contributed by atoms with E-state index in [4.69, 9.17) is 10.5 Å². The second kappa shape index (κ2) is 5.64. The number of rotatable bonds is 1. The maximum absolute atomic E-state index is 14.0. The van der Waals surface area contributed by atoms with Gasteiger partial charge < -0.3 is 0 Å². The third-order valence-electron chi connectivity index (χ3n) is 3.32. The molecule has 2 rings (SSSR count). The van der Waals surface area contributed by atoms with Crippen molar-refractivity contribution in [3.05, 3.63) is 52.4 Å². The average molecular weight is 350 g/mol. The zero-order valence-electron chi connectivity index (χ0n) is 11.1. The summed E-state index contributed by atoms with van der Waals surface area (Å²) in [5.74, 6) is -16.3. The molecule has 0 saturated heterocycles. The maximum Gasteiger partial charge on any atom is 0.234 e. The molecular formula is C14H2F8N2. The summed E-state index contributed by atoms with van der Waals surface area (Å²) in [5.41, 5.74) is -7.06.